The summed E-state index contributed by atoms with van der Waals surface area (Å²) in [4.78, 5) is 5.31. The van der Waals surface area contributed by atoms with Gasteiger partial charge in [0.1, 0.15) is 0 Å². The van der Waals surface area contributed by atoms with E-state index in [1.807, 2.05) is 0 Å². The molecule has 54 heavy (non-hydrogen) atoms. The first-order chi connectivity index (χ1) is 26.3. The third-order valence-electron chi connectivity index (χ3n) is 13.8. The van der Waals surface area contributed by atoms with Crippen LogP contribution in [0.3, 0.4) is 0 Å². The van der Waals surface area contributed by atoms with Crippen molar-refractivity contribution in [3.05, 3.63) is 171 Å². The molecule has 10 rings (SSSR count). The van der Waals surface area contributed by atoms with E-state index >= 15 is 0 Å². The fourth-order valence-electron chi connectivity index (χ4n) is 11.0. The molecule has 2 aromatic carbocycles. The Kier molecular flexibility index (Phi) is 8.06. The van der Waals surface area contributed by atoms with E-state index in [1.165, 1.54) is 66.6 Å². The van der Waals surface area contributed by atoms with Crippen molar-refractivity contribution in [2.45, 2.75) is 108 Å². The molecule has 0 aliphatic heterocycles. The molecule has 8 aliphatic rings. The Morgan fingerprint density at radius 2 is 1.37 bits per heavy atom. The SMILES string of the molecule is CC1(C)c2cc3c(cc2-c2c1cc(N(C1=CCCC=C1)C1C=CC=CC1)c1c2=CCCC=1)C(C)(C)C1C=C(N(C2=CC=CCC2)C2C=CC=CC2)C=CC31. The van der Waals surface area contributed by atoms with E-state index in [1.54, 1.807) is 0 Å². The standard InChI is InChI=1S/C52H54N2/c1-51(2)45-31-39(53(35-19-9-5-10-20-35)36-21-11-6-12-22-36)29-30-40(45)43-32-47-44(33-46(43)51)50-42-28-18-17-27-41(42)49(34-48(50)52(47,3)4)54(37-23-13-7-14-24-37)38-25-15-8-16-26-38/h5-7,9-11,13-15,19,21,23,25-35,37,40,45H,8,12,16-18,20,22,24H2,1-4H3. The van der Waals surface area contributed by atoms with Crippen LogP contribution >= 0.6 is 0 Å². The molecule has 4 unspecified atom stereocenters. The summed E-state index contributed by atoms with van der Waals surface area (Å²) in [6.45, 7) is 10.0. The van der Waals surface area contributed by atoms with Crippen molar-refractivity contribution in [2.75, 3.05) is 4.90 Å². The van der Waals surface area contributed by atoms with Crippen molar-refractivity contribution in [2.24, 2.45) is 5.92 Å². The topological polar surface area (TPSA) is 6.48 Å². The fourth-order valence-corrected chi connectivity index (χ4v) is 11.0. The number of rotatable bonds is 6. The minimum atomic E-state index is -0.111. The molecule has 0 radical (unpaired) electrons. The van der Waals surface area contributed by atoms with Crippen LogP contribution in [-0.4, -0.2) is 17.0 Å². The predicted octanol–water partition coefficient (Wildman–Crippen LogP) is 11.1. The lowest BCUT2D eigenvalue weighted by atomic mass is 9.73. The molecule has 2 heteroatoms. The number of benzene rings is 2. The minimum Gasteiger partial charge on any atom is -0.338 e. The summed E-state index contributed by atoms with van der Waals surface area (Å²) in [5.74, 6) is 0.783. The van der Waals surface area contributed by atoms with E-state index in [4.69, 9.17) is 0 Å². The average Bonchev–Trinajstić information content (AvgIpc) is 3.57. The van der Waals surface area contributed by atoms with Gasteiger partial charge in [-0.3, -0.25) is 0 Å². The Labute approximate surface area is 322 Å². The van der Waals surface area contributed by atoms with Crippen LogP contribution < -0.4 is 15.3 Å². The highest BCUT2D eigenvalue weighted by atomic mass is 15.2. The smallest absolute Gasteiger partial charge is 0.0559 e. The fraction of sp³-hybridized carbons (Fsp3) is 0.346. The van der Waals surface area contributed by atoms with Gasteiger partial charge in [-0.1, -0.05) is 131 Å². The Morgan fingerprint density at radius 1 is 0.611 bits per heavy atom. The second-order valence-corrected chi connectivity index (χ2v) is 17.7. The average molecular weight is 707 g/mol. The summed E-state index contributed by atoms with van der Waals surface area (Å²) in [5, 5.41) is 2.88. The number of hydrogen-bond donors (Lipinski definition) is 0. The second kappa shape index (κ2) is 12.9. The third-order valence-corrected chi connectivity index (χ3v) is 13.8. The summed E-state index contributed by atoms with van der Waals surface area (Å²) >= 11 is 0. The molecule has 0 saturated heterocycles. The molecular formula is C52H54N2. The van der Waals surface area contributed by atoms with Gasteiger partial charge in [-0.15, -0.1) is 0 Å². The zero-order chi connectivity index (χ0) is 36.6. The van der Waals surface area contributed by atoms with Crippen LogP contribution in [0.1, 0.15) is 107 Å². The quantitative estimate of drug-likeness (QED) is 0.295. The molecule has 0 N–H and O–H groups in total. The van der Waals surface area contributed by atoms with Gasteiger partial charge in [0.05, 0.1) is 12.1 Å². The van der Waals surface area contributed by atoms with Gasteiger partial charge in [0.15, 0.2) is 0 Å². The maximum Gasteiger partial charge on any atom is 0.0559 e. The van der Waals surface area contributed by atoms with Gasteiger partial charge in [-0.25, -0.2) is 0 Å². The highest BCUT2D eigenvalue weighted by Gasteiger charge is 2.48. The van der Waals surface area contributed by atoms with Gasteiger partial charge in [0, 0.05) is 39.3 Å². The van der Waals surface area contributed by atoms with Crippen LogP contribution in [0.5, 0.6) is 0 Å². The zero-order valence-corrected chi connectivity index (χ0v) is 32.6. The minimum absolute atomic E-state index is 0.0000283. The maximum atomic E-state index is 2.66. The number of allylic oxidation sites excluding steroid dienone is 14. The van der Waals surface area contributed by atoms with Crippen LogP contribution in [0.15, 0.2) is 139 Å². The van der Waals surface area contributed by atoms with Crippen molar-refractivity contribution in [3.8, 4) is 11.1 Å². The Morgan fingerprint density at radius 3 is 2.07 bits per heavy atom. The number of hydrogen-bond acceptors (Lipinski definition) is 2. The molecule has 0 heterocycles. The molecule has 4 atom stereocenters. The first kappa shape index (κ1) is 33.7. The van der Waals surface area contributed by atoms with E-state index in [9.17, 15) is 0 Å². The van der Waals surface area contributed by atoms with E-state index in [0.29, 0.717) is 23.9 Å². The largest absolute Gasteiger partial charge is 0.338 e. The van der Waals surface area contributed by atoms with Crippen LogP contribution in [0.2, 0.25) is 0 Å². The molecule has 2 aromatic rings. The second-order valence-electron chi connectivity index (χ2n) is 17.7. The Bertz CT molecular complexity index is 2370. The molecule has 272 valence electrons. The zero-order valence-electron chi connectivity index (χ0n) is 32.6. The van der Waals surface area contributed by atoms with Crippen molar-refractivity contribution in [1.29, 1.82) is 0 Å². The summed E-state index contributed by atoms with van der Waals surface area (Å²) in [7, 11) is 0. The molecule has 0 bridgehead atoms. The molecule has 0 aromatic heterocycles. The number of nitrogens with zero attached hydrogens (tertiary/aromatic N) is 2. The third kappa shape index (κ3) is 5.19. The summed E-state index contributed by atoms with van der Waals surface area (Å²) < 4.78 is 0. The lowest BCUT2D eigenvalue weighted by molar-refractivity contribution is 0.335. The number of anilines is 1. The van der Waals surface area contributed by atoms with E-state index in [2.05, 4.69) is 171 Å². The van der Waals surface area contributed by atoms with Gasteiger partial charge in [-0.05, 0) is 132 Å². The van der Waals surface area contributed by atoms with Crippen LogP contribution in [0.4, 0.5) is 5.69 Å². The van der Waals surface area contributed by atoms with Gasteiger partial charge in [0.25, 0.3) is 0 Å². The summed E-state index contributed by atoms with van der Waals surface area (Å²) in [6.07, 6.45) is 53.9. The monoisotopic (exact) mass is 706 g/mol. The molecular weight excluding hydrogens is 653 g/mol. The molecule has 8 aliphatic carbocycles. The summed E-state index contributed by atoms with van der Waals surface area (Å²) in [6, 6.07) is 8.56. The van der Waals surface area contributed by atoms with Crippen LogP contribution in [0.25, 0.3) is 23.3 Å². The lowest BCUT2D eigenvalue weighted by Crippen LogP contribution is -2.42. The van der Waals surface area contributed by atoms with Gasteiger partial charge in [-0.2, -0.15) is 0 Å². The first-order valence-electron chi connectivity index (χ1n) is 20.8. The summed E-state index contributed by atoms with van der Waals surface area (Å²) in [5.41, 5.74) is 14.4. The van der Waals surface area contributed by atoms with Crippen molar-refractivity contribution >= 4 is 17.8 Å². The van der Waals surface area contributed by atoms with E-state index in [-0.39, 0.29) is 10.8 Å². The van der Waals surface area contributed by atoms with Gasteiger partial charge in [0.2, 0.25) is 0 Å². The molecule has 2 nitrogen and oxygen atoms in total. The Hall–Kier alpha value is -4.82. The van der Waals surface area contributed by atoms with Crippen molar-refractivity contribution < 1.29 is 0 Å². The van der Waals surface area contributed by atoms with Gasteiger partial charge < -0.3 is 9.80 Å². The highest BCUT2D eigenvalue weighted by Crippen LogP contribution is 2.58. The molecule has 0 spiro atoms. The first-order valence-corrected chi connectivity index (χ1v) is 20.8. The Balaban J connectivity index is 1.10. The van der Waals surface area contributed by atoms with E-state index in [0.717, 1.165) is 51.4 Å². The lowest BCUT2D eigenvalue weighted by Gasteiger charge is -2.39. The van der Waals surface area contributed by atoms with Crippen LogP contribution in [0, 0.1) is 5.92 Å². The predicted molar refractivity (Wildman–Crippen MR) is 229 cm³/mol. The molecule has 0 fully saturated rings. The van der Waals surface area contributed by atoms with E-state index < -0.39 is 0 Å². The van der Waals surface area contributed by atoms with Crippen LogP contribution in [-0.2, 0) is 10.8 Å². The van der Waals surface area contributed by atoms with Gasteiger partial charge >= 0.3 is 0 Å². The normalized spacial score (nSPS) is 27.1. The number of fused-ring (bicyclic) bond motifs is 8. The van der Waals surface area contributed by atoms with Crippen molar-refractivity contribution in [3.63, 3.8) is 0 Å². The maximum absolute atomic E-state index is 2.66. The van der Waals surface area contributed by atoms with Crippen molar-refractivity contribution in [1.82, 2.24) is 4.90 Å². The molecule has 0 amide bonds. The molecule has 0 saturated carbocycles. The highest BCUT2D eigenvalue weighted by molar-refractivity contribution is 5.86.